The zero-order valence-electron chi connectivity index (χ0n) is 7.62. The lowest BCUT2D eigenvalue weighted by atomic mass is 10.2. The monoisotopic (exact) mass is 190 g/mol. The first kappa shape index (κ1) is 11.5. The number of esters is 1. The van der Waals surface area contributed by atoms with Crippen molar-refractivity contribution in [1.29, 1.82) is 0 Å². The summed E-state index contributed by atoms with van der Waals surface area (Å²) < 4.78 is 4.74. The van der Waals surface area contributed by atoms with Crippen LogP contribution in [0.15, 0.2) is 0 Å². The van der Waals surface area contributed by atoms with Gasteiger partial charge >= 0.3 is 5.97 Å². The molecule has 0 aromatic rings. The van der Waals surface area contributed by atoms with E-state index in [0.29, 0.717) is 13.0 Å². The van der Waals surface area contributed by atoms with Gasteiger partial charge in [0, 0.05) is 6.42 Å². The van der Waals surface area contributed by atoms with Gasteiger partial charge in [0.25, 0.3) is 0 Å². The van der Waals surface area contributed by atoms with Crippen molar-refractivity contribution in [2.75, 3.05) is 12.9 Å². The second-order valence-electron chi connectivity index (χ2n) is 2.19. The fraction of sp³-hybridized carbons (Fsp3) is 0.750. The van der Waals surface area contributed by atoms with Crippen molar-refractivity contribution in [2.24, 2.45) is 0 Å². The average Bonchev–Trinajstić information content (AvgIpc) is 2.06. The average molecular weight is 190 g/mol. The molecule has 0 heterocycles. The van der Waals surface area contributed by atoms with E-state index >= 15 is 0 Å². The molecule has 0 aliphatic heterocycles. The minimum atomic E-state index is -0.630. The van der Waals surface area contributed by atoms with Crippen LogP contribution in [0.1, 0.15) is 20.3 Å². The number of carbonyl (C=O) groups is 2. The van der Waals surface area contributed by atoms with Gasteiger partial charge in [-0.15, -0.1) is 11.8 Å². The molecule has 0 saturated carbocycles. The number of ketones is 1. The van der Waals surface area contributed by atoms with E-state index in [2.05, 4.69) is 0 Å². The lowest BCUT2D eigenvalue weighted by molar-refractivity contribution is -0.144. The molecule has 0 amide bonds. The second-order valence-corrected chi connectivity index (χ2v) is 3.13. The number of carbonyl (C=O) groups excluding carboxylic acids is 2. The van der Waals surface area contributed by atoms with Crippen LogP contribution in [0.5, 0.6) is 0 Å². The third-order valence-corrected chi connectivity index (χ3v) is 2.30. The van der Waals surface area contributed by atoms with Gasteiger partial charge in [0.05, 0.1) is 6.61 Å². The first-order valence-electron chi connectivity index (χ1n) is 3.89. The molecule has 0 aromatic heterocycles. The number of hydrogen-bond donors (Lipinski definition) is 0. The summed E-state index contributed by atoms with van der Waals surface area (Å²) in [7, 11) is 0. The maximum atomic E-state index is 11.1. The van der Waals surface area contributed by atoms with Gasteiger partial charge in [-0.1, -0.05) is 6.92 Å². The molecular formula is C8H14O3S. The van der Waals surface area contributed by atoms with E-state index < -0.39 is 11.2 Å². The van der Waals surface area contributed by atoms with Crippen LogP contribution in [0.3, 0.4) is 0 Å². The minimum absolute atomic E-state index is 0.0686. The highest BCUT2D eigenvalue weighted by Gasteiger charge is 2.24. The van der Waals surface area contributed by atoms with Gasteiger partial charge in [0.15, 0.2) is 11.0 Å². The van der Waals surface area contributed by atoms with Gasteiger partial charge in [-0.25, -0.2) is 0 Å². The summed E-state index contributed by atoms with van der Waals surface area (Å²) in [5.74, 6) is -0.488. The van der Waals surface area contributed by atoms with Gasteiger partial charge in [-0.05, 0) is 13.2 Å². The van der Waals surface area contributed by atoms with Gasteiger partial charge in [-0.2, -0.15) is 0 Å². The van der Waals surface area contributed by atoms with Crippen molar-refractivity contribution in [3.8, 4) is 0 Å². The van der Waals surface area contributed by atoms with Crippen LogP contribution >= 0.6 is 11.8 Å². The van der Waals surface area contributed by atoms with Crippen LogP contribution in [0.2, 0.25) is 0 Å². The standard InChI is InChI=1S/C8H14O3S/c1-4-6(9)7(12-3)8(10)11-5-2/h7H,4-5H2,1-3H3. The largest absolute Gasteiger partial charge is 0.465 e. The highest BCUT2D eigenvalue weighted by atomic mass is 32.2. The maximum absolute atomic E-state index is 11.1. The van der Waals surface area contributed by atoms with Crippen LogP contribution in [-0.4, -0.2) is 29.9 Å². The first-order valence-corrected chi connectivity index (χ1v) is 5.18. The van der Waals surface area contributed by atoms with Crippen molar-refractivity contribution < 1.29 is 14.3 Å². The van der Waals surface area contributed by atoms with Crippen molar-refractivity contribution in [3.05, 3.63) is 0 Å². The van der Waals surface area contributed by atoms with E-state index in [4.69, 9.17) is 4.74 Å². The van der Waals surface area contributed by atoms with E-state index in [1.807, 2.05) is 0 Å². The summed E-state index contributed by atoms with van der Waals surface area (Å²) in [6, 6.07) is 0. The number of ether oxygens (including phenoxy) is 1. The van der Waals surface area contributed by atoms with Crippen molar-refractivity contribution in [2.45, 2.75) is 25.5 Å². The van der Waals surface area contributed by atoms with Crippen molar-refractivity contribution in [3.63, 3.8) is 0 Å². The molecule has 0 aliphatic rings. The Kier molecular flexibility index (Phi) is 5.80. The molecule has 3 nitrogen and oxygen atoms in total. The maximum Gasteiger partial charge on any atom is 0.326 e. The first-order chi connectivity index (χ1) is 5.67. The zero-order chi connectivity index (χ0) is 9.56. The Morgan fingerprint density at radius 1 is 1.42 bits per heavy atom. The van der Waals surface area contributed by atoms with Gasteiger partial charge in [-0.3, -0.25) is 9.59 Å². The van der Waals surface area contributed by atoms with E-state index in [1.165, 1.54) is 11.8 Å². The number of rotatable bonds is 5. The van der Waals surface area contributed by atoms with E-state index in [0.717, 1.165) is 0 Å². The van der Waals surface area contributed by atoms with E-state index in [-0.39, 0.29) is 5.78 Å². The van der Waals surface area contributed by atoms with E-state index in [9.17, 15) is 9.59 Å². The van der Waals surface area contributed by atoms with Crippen LogP contribution in [0.25, 0.3) is 0 Å². The fourth-order valence-corrected chi connectivity index (χ4v) is 1.45. The number of thioether (sulfide) groups is 1. The molecule has 1 atom stereocenters. The molecule has 0 radical (unpaired) electrons. The molecule has 0 aromatic carbocycles. The summed E-state index contributed by atoms with van der Waals surface area (Å²) in [5.41, 5.74) is 0. The van der Waals surface area contributed by atoms with Crippen molar-refractivity contribution in [1.82, 2.24) is 0 Å². The second kappa shape index (κ2) is 6.06. The minimum Gasteiger partial charge on any atom is -0.465 e. The number of hydrogen-bond acceptors (Lipinski definition) is 4. The lowest BCUT2D eigenvalue weighted by Gasteiger charge is -2.09. The number of Topliss-reactive ketones (excluding diaryl/α,β-unsaturated/α-hetero) is 1. The van der Waals surface area contributed by atoms with Crippen LogP contribution in [-0.2, 0) is 14.3 Å². The topological polar surface area (TPSA) is 43.4 Å². The SMILES string of the molecule is CCOC(=O)C(SC)C(=O)CC. The highest BCUT2D eigenvalue weighted by Crippen LogP contribution is 2.11. The Labute approximate surface area is 76.9 Å². The summed E-state index contributed by atoms with van der Waals surface area (Å²) in [5, 5.41) is -0.630. The Hall–Kier alpha value is -0.510. The Balaban J connectivity index is 4.14. The molecule has 0 spiro atoms. The summed E-state index contributed by atoms with van der Waals surface area (Å²) in [6.45, 7) is 3.80. The summed E-state index contributed by atoms with van der Waals surface area (Å²) >= 11 is 1.23. The molecule has 70 valence electrons. The molecule has 12 heavy (non-hydrogen) atoms. The Morgan fingerprint density at radius 3 is 2.33 bits per heavy atom. The Morgan fingerprint density at radius 2 is 2.00 bits per heavy atom. The molecule has 4 heteroatoms. The molecule has 0 N–H and O–H groups in total. The third kappa shape index (κ3) is 3.26. The molecule has 0 rings (SSSR count). The lowest BCUT2D eigenvalue weighted by Crippen LogP contribution is -2.28. The third-order valence-electron chi connectivity index (χ3n) is 1.38. The van der Waals surface area contributed by atoms with Crippen LogP contribution in [0, 0.1) is 0 Å². The van der Waals surface area contributed by atoms with Crippen LogP contribution in [0.4, 0.5) is 0 Å². The zero-order valence-corrected chi connectivity index (χ0v) is 8.44. The van der Waals surface area contributed by atoms with Gasteiger partial charge in [0.1, 0.15) is 0 Å². The molecule has 0 bridgehead atoms. The van der Waals surface area contributed by atoms with E-state index in [1.54, 1.807) is 20.1 Å². The molecule has 0 fully saturated rings. The fourth-order valence-electron chi connectivity index (χ4n) is 0.762. The molecule has 0 aliphatic carbocycles. The molecule has 1 unspecified atom stereocenters. The van der Waals surface area contributed by atoms with Crippen LogP contribution < -0.4 is 0 Å². The summed E-state index contributed by atoms with van der Waals surface area (Å²) in [6.07, 6.45) is 2.11. The van der Waals surface area contributed by atoms with Gasteiger partial charge < -0.3 is 4.74 Å². The predicted octanol–water partition coefficient (Wildman–Crippen LogP) is 1.26. The van der Waals surface area contributed by atoms with Gasteiger partial charge in [0.2, 0.25) is 0 Å². The normalized spacial score (nSPS) is 12.2. The Bertz CT molecular complexity index is 168. The highest BCUT2D eigenvalue weighted by molar-refractivity contribution is 8.00. The van der Waals surface area contributed by atoms with Crippen molar-refractivity contribution >= 4 is 23.5 Å². The smallest absolute Gasteiger partial charge is 0.326 e. The summed E-state index contributed by atoms with van der Waals surface area (Å²) in [4.78, 5) is 22.2. The molecule has 0 saturated heterocycles. The molecular weight excluding hydrogens is 176 g/mol. The quantitative estimate of drug-likeness (QED) is 0.483. The predicted molar refractivity (Wildman–Crippen MR) is 49.2 cm³/mol.